The van der Waals surface area contributed by atoms with Gasteiger partial charge in [-0.15, -0.1) is 0 Å². The van der Waals surface area contributed by atoms with Gasteiger partial charge in [-0.25, -0.2) is 0 Å². The molecule has 0 spiro atoms. The number of halogens is 3. The maximum Gasteiger partial charge on any atom is 0.492 e. The normalized spacial score (nSPS) is 22.4. The van der Waals surface area contributed by atoms with Gasteiger partial charge in [0.2, 0.25) is 0 Å². The second-order valence-corrected chi connectivity index (χ2v) is 3.78. The number of likely N-dealkylation sites (tertiary alicyclic amines) is 1. The molecule has 0 aromatic rings. The van der Waals surface area contributed by atoms with E-state index in [2.05, 4.69) is 0 Å². The van der Waals surface area contributed by atoms with Gasteiger partial charge in [0.25, 0.3) is 0 Å². The van der Waals surface area contributed by atoms with Crippen molar-refractivity contribution in [1.82, 2.24) is 4.90 Å². The fraction of sp³-hybridized carbons (Fsp3) is 1.00. The molecule has 1 rings (SSSR count). The molecule has 1 aliphatic rings. The van der Waals surface area contributed by atoms with Crippen LogP contribution in [-0.2, 0) is 0 Å². The van der Waals surface area contributed by atoms with Crippen LogP contribution in [-0.4, -0.2) is 31.4 Å². The van der Waals surface area contributed by atoms with Crippen molar-refractivity contribution in [2.75, 3.05) is 19.5 Å². The van der Waals surface area contributed by atoms with Gasteiger partial charge in [-0.05, 0) is 32.4 Å². The van der Waals surface area contributed by atoms with E-state index in [4.69, 9.17) is 0 Å². The summed E-state index contributed by atoms with van der Waals surface area (Å²) in [6, 6.07) is 0. The average molecular weight is 194 g/mol. The zero-order chi connectivity index (χ0) is 9.73. The highest BCUT2D eigenvalue weighted by Crippen LogP contribution is 2.15. The van der Waals surface area contributed by atoms with Crippen LogP contribution in [0, 0.1) is 0 Å². The molecule has 0 radical (unpaired) electrons. The second-order valence-electron chi connectivity index (χ2n) is 3.78. The number of hydrogen-bond acceptors (Lipinski definition) is 1. The molecule has 0 aliphatic carbocycles. The molecule has 0 aromatic carbocycles. The van der Waals surface area contributed by atoms with E-state index in [1.807, 2.05) is 0 Å². The predicted molar refractivity (Wildman–Crippen MR) is 48.6 cm³/mol. The Morgan fingerprint density at radius 3 is 1.77 bits per heavy atom. The summed E-state index contributed by atoms with van der Waals surface area (Å²) in [5.74, 6) is 0. The van der Waals surface area contributed by atoms with Crippen molar-refractivity contribution in [1.29, 1.82) is 0 Å². The van der Waals surface area contributed by atoms with Gasteiger partial charge in [-0.1, -0.05) is 19.3 Å². The van der Waals surface area contributed by atoms with Crippen LogP contribution in [0.2, 0.25) is 0 Å². The third-order valence-corrected chi connectivity index (χ3v) is 2.41. The van der Waals surface area contributed by atoms with E-state index in [0.717, 1.165) is 25.7 Å². The van der Waals surface area contributed by atoms with Crippen LogP contribution < -0.4 is 0 Å². The quantitative estimate of drug-likeness (QED) is 0.610. The van der Waals surface area contributed by atoms with Gasteiger partial charge in [0.05, 0.1) is 0 Å². The summed E-state index contributed by atoms with van der Waals surface area (Å²) >= 11 is 0. The molecular weight excluding hydrogens is 178 g/mol. The molecule has 0 N–H and O–H groups in total. The Hall–Kier alpha value is -0.185. The first-order chi connectivity index (χ1) is 6.08. The van der Waals surface area contributed by atoms with E-state index >= 15 is 0 Å². The fourth-order valence-electron chi connectivity index (χ4n) is 1.79. The molecule has 0 amide bonds. The zero-order valence-corrected chi connectivity index (χ0v) is 7.82. The van der Waals surface area contributed by atoms with Gasteiger partial charge in [-0.3, -0.25) is 0 Å². The Kier molecular flexibility index (Phi) is 4.10. The first-order valence-corrected chi connectivity index (χ1v) is 5.01. The zero-order valence-electron chi connectivity index (χ0n) is 7.82. The van der Waals surface area contributed by atoms with Gasteiger partial charge in [0.1, 0.15) is 0 Å². The van der Waals surface area contributed by atoms with Gasteiger partial charge in [0, 0.05) is 0 Å². The lowest BCUT2D eigenvalue weighted by Crippen LogP contribution is -2.39. The second kappa shape index (κ2) is 4.89. The van der Waals surface area contributed by atoms with Crippen molar-refractivity contribution in [3.63, 3.8) is 0 Å². The average Bonchev–Trinajstić information content (AvgIpc) is 1.92. The Morgan fingerprint density at radius 1 is 0.846 bits per heavy atom. The lowest BCUT2D eigenvalue weighted by atomic mass is 9.90. The summed E-state index contributed by atoms with van der Waals surface area (Å²) < 4.78 is 36.3. The van der Waals surface area contributed by atoms with Crippen molar-refractivity contribution in [3.8, 4) is 0 Å². The number of rotatable bonds is 2. The SMILES string of the molecule is F[B-](F)(F)CN1CCCCCCC1. The van der Waals surface area contributed by atoms with Crippen LogP contribution in [0.4, 0.5) is 12.9 Å². The fourth-order valence-corrected chi connectivity index (χ4v) is 1.79. The van der Waals surface area contributed by atoms with E-state index in [0.29, 0.717) is 13.1 Å². The Bertz CT molecular complexity index is 141. The third-order valence-electron chi connectivity index (χ3n) is 2.41. The molecule has 1 fully saturated rings. The van der Waals surface area contributed by atoms with Crippen molar-refractivity contribution >= 4 is 6.98 Å². The van der Waals surface area contributed by atoms with E-state index in [9.17, 15) is 12.9 Å². The molecule has 1 aliphatic heterocycles. The lowest BCUT2D eigenvalue weighted by molar-refractivity contribution is 0.254. The summed E-state index contributed by atoms with van der Waals surface area (Å²) in [5.41, 5.74) is 0. The molecule has 0 bridgehead atoms. The largest absolute Gasteiger partial charge is 0.492 e. The summed E-state index contributed by atoms with van der Waals surface area (Å²) in [7, 11) is 0. The predicted octanol–water partition coefficient (Wildman–Crippen LogP) is 2.64. The molecule has 0 saturated carbocycles. The van der Waals surface area contributed by atoms with E-state index in [-0.39, 0.29) is 0 Å². The summed E-state index contributed by atoms with van der Waals surface area (Å²) in [4.78, 5) is 1.55. The Balaban J connectivity index is 2.29. The summed E-state index contributed by atoms with van der Waals surface area (Å²) in [6.45, 7) is -3.37. The van der Waals surface area contributed by atoms with Crippen molar-refractivity contribution in [2.45, 2.75) is 32.1 Å². The van der Waals surface area contributed by atoms with Crippen molar-refractivity contribution < 1.29 is 12.9 Å². The van der Waals surface area contributed by atoms with Gasteiger partial charge >= 0.3 is 6.98 Å². The highest BCUT2D eigenvalue weighted by Gasteiger charge is 2.26. The highest BCUT2D eigenvalue weighted by atomic mass is 19.4. The molecule has 0 unspecified atom stereocenters. The smallest absolute Gasteiger partial charge is 0.448 e. The van der Waals surface area contributed by atoms with Gasteiger partial charge < -0.3 is 17.8 Å². The highest BCUT2D eigenvalue weighted by molar-refractivity contribution is 6.58. The van der Waals surface area contributed by atoms with Crippen LogP contribution in [0.3, 0.4) is 0 Å². The molecule has 1 nitrogen and oxygen atoms in total. The maximum atomic E-state index is 12.1. The minimum atomic E-state index is -4.63. The Morgan fingerprint density at radius 2 is 1.31 bits per heavy atom. The van der Waals surface area contributed by atoms with Crippen LogP contribution in [0.5, 0.6) is 0 Å². The molecule has 1 heterocycles. The van der Waals surface area contributed by atoms with Crippen LogP contribution in [0.15, 0.2) is 0 Å². The minimum absolute atomic E-state index is 0.626. The summed E-state index contributed by atoms with van der Waals surface area (Å²) in [6.07, 6.45) is 4.53. The monoisotopic (exact) mass is 194 g/mol. The number of hydrogen-bond donors (Lipinski definition) is 0. The van der Waals surface area contributed by atoms with E-state index < -0.39 is 13.4 Å². The van der Waals surface area contributed by atoms with Crippen molar-refractivity contribution in [2.24, 2.45) is 0 Å². The molecule has 1 saturated heterocycles. The third kappa shape index (κ3) is 5.19. The van der Waals surface area contributed by atoms with Crippen LogP contribution in [0.25, 0.3) is 0 Å². The first-order valence-electron chi connectivity index (χ1n) is 5.01. The Labute approximate surface area is 77.4 Å². The topological polar surface area (TPSA) is 3.24 Å². The maximum absolute atomic E-state index is 12.1. The molecule has 13 heavy (non-hydrogen) atoms. The molecule has 0 aromatic heterocycles. The minimum Gasteiger partial charge on any atom is -0.448 e. The van der Waals surface area contributed by atoms with E-state index in [1.54, 1.807) is 4.90 Å². The molecule has 5 heteroatoms. The van der Waals surface area contributed by atoms with Gasteiger partial charge in [0.15, 0.2) is 0 Å². The molecule has 0 atom stereocenters. The van der Waals surface area contributed by atoms with Crippen molar-refractivity contribution in [3.05, 3.63) is 0 Å². The molecule has 78 valence electrons. The standard InChI is InChI=1S/C8H16BF3N/c10-9(11,12)8-13-6-4-2-1-3-5-7-13/h1-8H2/q-1. The first kappa shape index (κ1) is 10.9. The lowest BCUT2D eigenvalue weighted by Gasteiger charge is -2.29. The van der Waals surface area contributed by atoms with Crippen LogP contribution >= 0.6 is 0 Å². The number of nitrogens with zero attached hydrogens (tertiary/aromatic N) is 1. The van der Waals surface area contributed by atoms with Gasteiger partial charge in [-0.2, -0.15) is 0 Å². The van der Waals surface area contributed by atoms with E-state index in [1.165, 1.54) is 6.42 Å². The molecular formula is C8H16BF3N-. The van der Waals surface area contributed by atoms with Crippen LogP contribution in [0.1, 0.15) is 32.1 Å². The summed E-state index contributed by atoms with van der Waals surface area (Å²) in [5, 5.41) is 0.